The number of nitrogens with zero attached hydrogens (tertiary/aromatic N) is 2. The molecule has 3 rings (SSSR count). The maximum absolute atomic E-state index is 11.3. The molecule has 1 aromatic carbocycles. The molecular weight excluding hydrogens is 316 g/mol. The van der Waals surface area contributed by atoms with Crippen LogP contribution in [0.5, 0.6) is 0 Å². The number of aromatic nitrogens is 1. The van der Waals surface area contributed by atoms with Crippen LogP contribution in [-0.2, 0) is 10.8 Å². The normalized spacial score (nSPS) is 17.0. The summed E-state index contributed by atoms with van der Waals surface area (Å²) in [6, 6.07) is 6.35. The van der Waals surface area contributed by atoms with Gasteiger partial charge in [0.25, 0.3) is 0 Å². The minimum Gasteiger partial charge on any atom is -0.370 e. The molecule has 0 amide bonds. The lowest BCUT2D eigenvalue weighted by Gasteiger charge is -2.41. The summed E-state index contributed by atoms with van der Waals surface area (Å²) in [5.74, 6) is 1.77. The van der Waals surface area contributed by atoms with Crippen LogP contribution in [0, 0.1) is 5.92 Å². The third kappa shape index (κ3) is 2.99. The average Bonchev–Trinajstić information content (AvgIpc) is 2.40. The third-order valence-electron chi connectivity index (χ3n) is 4.27. The van der Waals surface area contributed by atoms with E-state index < -0.39 is 10.8 Å². The molecule has 1 atom stereocenters. The first kappa shape index (κ1) is 15.8. The quantitative estimate of drug-likeness (QED) is 0.796. The van der Waals surface area contributed by atoms with Crippen LogP contribution in [0.2, 0.25) is 5.15 Å². The predicted molar refractivity (Wildman–Crippen MR) is 95.5 cm³/mol. The fourth-order valence-electron chi connectivity index (χ4n) is 3.20. The molecule has 1 aliphatic rings. The Morgan fingerprint density at radius 2 is 2.09 bits per heavy atom. The molecule has 2 heterocycles. The van der Waals surface area contributed by atoms with E-state index in [1.807, 2.05) is 12.3 Å². The second kappa shape index (κ2) is 6.17. The van der Waals surface area contributed by atoms with E-state index in [4.69, 9.17) is 11.6 Å². The Balaban J connectivity index is 1.95. The third-order valence-corrected chi connectivity index (χ3v) is 5.42. The number of pyridine rings is 1. The van der Waals surface area contributed by atoms with Gasteiger partial charge in [0.15, 0.2) is 0 Å². The van der Waals surface area contributed by atoms with Crippen molar-refractivity contribution in [2.24, 2.45) is 5.92 Å². The van der Waals surface area contributed by atoms with Gasteiger partial charge in [-0.25, -0.2) is 4.98 Å². The molecule has 0 N–H and O–H groups in total. The zero-order valence-electron chi connectivity index (χ0n) is 13.2. The van der Waals surface area contributed by atoms with Gasteiger partial charge in [0.05, 0.1) is 0 Å². The number of hydrogen-bond acceptors (Lipinski definition) is 3. The predicted octanol–water partition coefficient (Wildman–Crippen LogP) is 3.83. The number of benzene rings is 1. The Hall–Kier alpha value is -1.13. The van der Waals surface area contributed by atoms with Crippen molar-refractivity contribution in [1.29, 1.82) is 0 Å². The number of anilines is 1. The largest absolute Gasteiger partial charge is 0.370 e. The summed E-state index contributed by atoms with van der Waals surface area (Å²) in [7, 11) is -0.712. The molecule has 1 aliphatic heterocycles. The van der Waals surface area contributed by atoms with Crippen LogP contribution in [0.1, 0.15) is 25.3 Å². The Labute approximate surface area is 139 Å². The minimum atomic E-state index is -0.712. The van der Waals surface area contributed by atoms with Crippen LogP contribution in [0.15, 0.2) is 24.4 Å². The van der Waals surface area contributed by atoms with E-state index in [2.05, 4.69) is 35.9 Å². The first-order valence-corrected chi connectivity index (χ1v) is 9.69. The van der Waals surface area contributed by atoms with E-state index in [1.54, 1.807) is 6.26 Å². The van der Waals surface area contributed by atoms with Crippen LogP contribution in [-0.4, -0.2) is 34.3 Å². The smallest absolute Gasteiger partial charge is 0.129 e. The van der Waals surface area contributed by atoms with Crippen molar-refractivity contribution in [3.63, 3.8) is 0 Å². The second-order valence-electron chi connectivity index (χ2n) is 6.39. The van der Waals surface area contributed by atoms with Crippen molar-refractivity contribution in [3.8, 4) is 0 Å². The molecule has 1 saturated heterocycles. The standard InChI is InChI=1S/C17H21ClN2OS/c1-11(2)13-4-5-16(15-7-19-17(18)6-14(13)15)20-8-12(9-20)10-22(3)21/h4-7,11-12H,8-10H2,1-3H3/t22-/m1/s1. The summed E-state index contributed by atoms with van der Waals surface area (Å²) in [6.07, 6.45) is 3.66. The number of fused-ring (bicyclic) bond motifs is 1. The van der Waals surface area contributed by atoms with Crippen molar-refractivity contribution in [2.75, 3.05) is 30.0 Å². The summed E-state index contributed by atoms with van der Waals surface area (Å²) >= 11 is 6.10. The lowest BCUT2D eigenvalue weighted by atomic mass is 9.94. The van der Waals surface area contributed by atoms with Crippen molar-refractivity contribution in [2.45, 2.75) is 19.8 Å². The highest BCUT2D eigenvalue weighted by Gasteiger charge is 2.29. The molecular formula is C17H21ClN2OS. The van der Waals surface area contributed by atoms with Gasteiger partial charge in [-0.1, -0.05) is 31.5 Å². The van der Waals surface area contributed by atoms with Gasteiger partial charge in [-0.2, -0.15) is 0 Å². The summed E-state index contributed by atoms with van der Waals surface area (Å²) in [6.45, 7) is 6.33. The number of rotatable bonds is 4. The van der Waals surface area contributed by atoms with Crippen LogP contribution in [0.25, 0.3) is 10.8 Å². The number of hydrogen-bond donors (Lipinski definition) is 0. The molecule has 0 radical (unpaired) electrons. The molecule has 5 heteroatoms. The van der Waals surface area contributed by atoms with Crippen LogP contribution in [0.3, 0.4) is 0 Å². The van der Waals surface area contributed by atoms with E-state index >= 15 is 0 Å². The highest BCUT2D eigenvalue weighted by Crippen LogP contribution is 2.36. The van der Waals surface area contributed by atoms with E-state index in [-0.39, 0.29) is 0 Å². The summed E-state index contributed by atoms with van der Waals surface area (Å²) in [5.41, 5.74) is 2.51. The van der Waals surface area contributed by atoms with E-state index in [0.717, 1.165) is 24.2 Å². The Bertz CT molecular complexity index is 726. The van der Waals surface area contributed by atoms with Gasteiger partial charge in [0, 0.05) is 59.1 Å². The van der Waals surface area contributed by atoms with Gasteiger partial charge in [0.1, 0.15) is 5.15 Å². The van der Waals surface area contributed by atoms with Gasteiger partial charge >= 0.3 is 0 Å². The van der Waals surface area contributed by atoms with Gasteiger partial charge < -0.3 is 4.90 Å². The fraction of sp³-hybridized carbons (Fsp3) is 0.471. The Morgan fingerprint density at radius 3 is 2.73 bits per heavy atom. The van der Waals surface area contributed by atoms with Gasteiger partial charge in [-0.3, -0.25) is 4.21 Å². The van der Waals surface area contributed by atoms with Crippen molar-refractivity contribution in [1.82, 2.24) is 4.98 Å². The molecule has 0 bridgehead atoms. The fourth-order valence-corrected chi connectivity index (χ4v) is 4.24. The average molecular weight is 337 g/mol. The molecule has 0 spiro atoms. The van der Waals surface area contributed by atoms with Crippen LogP contribution in [0.4, 0.5) is 5.69 Å². The molecule has 1 fully saturated rings. The highest BCUT2D eigenvalue weighted by atomic mass is 35.5. The van der Waals surface area contributed by atoms with Gasteiger partial charge in [-0.15, -0.1) is 0 Å². The van der Waals surface area contributed by atoms with Gasteiger partial charge in [-0.05, 0) is 29.0 Å². The zero-order valence-corrected chi connectivity index (χ0v) is 14.7. The van der Waals surface area contributed by atoms with Crippen molar-refractivity contribution < 1.29 is 4.21 Å². The lowest BCUT2D eigenvalue weighted by Crippen LogP contribution is -2.49. The molecule has 0 aliphatic carbocycles. The molecule has 0 saturated carbocycles. The van der Waals surface area contributed by atoms with Gasteiger partial charge in [0.2, 0.25) is 0 Å². The summed E-state index contributed by atoms with van der Waals surface area (Å²) in [4.78, 5) is 6.61. The zero-order chi connectivity index (χ0) is 15.9. The topological polar surface area (TPSA) is 33.2 Å². The van der Waals surface area contributed by atoms with Crippen LogP contribution >= 0.6 is 11.6 Å². The maximum atomic E-state index is 11.3. The molecule has 1 aromatic heterocycles. The molecule has 3 nitrogen and oxygen atoms in total. The molecule has 2 aromatic rings. The molecule has 22 heavy (non-hydrogen) atoms. The minimum absolute atomic E-state index is 0.446. The second-order valence-corrected chi connectivity index (χ2v) is 8.26. The first-order chi connectivity index (χ1) is 10.5. The first-order valence-electron chi connectivity index (χ1n) is 7.59. The van der Waals surface area contributed by atoms with Crippen molar-refractivity contribution in [3.05, 3.63) is 35.1 Å². The van der Waals surface area contributed by atoms with Crippen LogP contribution < -0.4 is 4.90 Å². The lowest BCUT2D eigenvalue weighted by molar-refractivity contribution is 0.452. The van der Waals surface area contributed by atoms with E-state index in [0.29, 0.717) is 17.0 Å². The monoisotopic (exact) mass is 336 g/mol. The molecule has 0 unspecified atom stereocenters. The molecule has 118 valence electrons. The Morgan fingerprint density at radius 1 is 1.36 bits per heavy atom. The van der Waals surface area contributed by atoms with E-state index in [1.165, 1.54) is 16.6 Å². The summed E-state index contributed by atoms with van der Waals surface area (Å²) in [5, 5.41) is 2.89. The maximum Gasteiger partial charge on any atom is 0.129 e. The van der Waals surface area contributed by atoms with E-state index in [9.17, 15) is 4.21 Å². The SMILES string of the molecule is CC(C)c1ccc(N2CC(C[S@@](C)=O)C2)c2cnc(Cl)cc12. The number of halogens is 1. The van der Waals surface area contributed by atoms with Crippen molar-refractivity contribution >= 4 is 38.9 Å². The Kier molecular flexibility index (Phi) is 4.42. The highest BCUT2D eigenvalue weighted by molar-refractivity contribution is 7.84. The summed E-state index contributed by atoms with van der Waals surface area (Å²) < 4.78 is 11.3.